The minimum atomic E-state index is -0.360. The fourth-order valence-electron chi connectivity index (χ4n) is 2.84. The molecule has 1 saturated heterocycles. The minimum Gasteiger partial charge on any atom is -0.480 e. The highest BCUT2D eigenvalue weighted by Crippen LogP contribution is 2.32. The Morgan fingerprint density at radius 1 is 1.37 bits per heavy atom. The van der Waals surface area contributed by atoms with E-state index in [1.165, 1.54) is 11.1 Å². The van der Waals surface area contributed by atoms with E-state index < -0.39 is 0 Å². The number of nitrogens with two attached hydrogens (primary N) is 1. The van der Waals surface area contributed by atoms with Crippen LogP contribution in [-0.4, -0.2) is 36.0 Å². The highest BCUT2D eigenvalue weighted by molar-refractivity contribution is 5.83. The Labute approximate surface area is 113 Å². The van der Waals surface area contributed by atoms with Crippen LogP contribution in [0.15, 0.2) is 12.1 Å². The van der Waals surface area contributed by atoms with Gasteiger partial charge in [-0.1, -0.05) is 6.07 Å². The molecule has 3 rings (SSSR count). The van der Waals surface area contributed by atoms with E-state index in [1.807, 2.05) is 11.0 Å². The Balaban J connectivity index is 1.75. The highest BCUT2D eigenvalue weighted by Gasteiger charge is 2.35. The summed E-state index contributed by atoms with van der Waals surface area (Å²) in [6, 6.07) is 4.29. The quantitative estimate of drug-likeness (QED) is 0.824. The summed E-state index contributed by atoms with van der Waals surface area (Å²) in [6.07, 6.45) is 1.21. The van der Waals surface area contributed by atoms with Gasteiger partial charge in [0.1, 0.15) is 5.75 Å². The number of amides is 1. The van der Waals surface area contributed by atoms with Crippen LogP contribution in [0.2, 0.25) is 0 Å². The molecule has 1 amide bonds. The first-order valence-corrected chi connectivity index (χ1v) is 6.86. The van der Waals surface area contributed by atoms with E-state index in [9.17, 15) is 4.79 Å². The van der Waals surface area contributed by atoms with Crippen molar-refractivity contribution in [2.75, 3.05) is 13.1 Å². The number of hydrogen-bond donors (Lipinski definition) is 1. The van der Waals surface area contributed by atoms with Gasteiger partial charge in [-0.25, -0.2) is 0 Å². The zero-order valence-electron chi connectivity index (χ0n) is 11.5. The van der Waals surface area contributed by atoms with Crippen molar-refractivity contribution in [3.8, 4) is 5.75 Å². The number of likely N-dealkylation sites (tertiary alicyclic amines) is 1. The molecule has 0 spiro atoms. The molecule has 1 unspecified atom stereocenters. The summed E-state index contributed by atoms with van der Waals surface area (Å²) < 4.78 is 5.82. The molecule has 19 heavy (non-hydrogen) atoms. The Morgan fingerprint density at radius 2 is 2.11 bits per heavy atom. The molecule has 2 N–H and O–H groups in total. The maximum atomic E-state index is 12.4. The number of nitrogens with zero attached hydrogens (tertiary/aromatic N) is 1. The second-order valence-corrected chi connectivity index (χ2v) is 5.69. The molecule has 2 aliphatic rings. The maximum absolute atomic E-state index is 12.4. The van der Waals surface area contributed by atoms with E-state index in [2.05, 4.69) is 19.9 Å². The first-order chi connectivity index (χ1) is 9.04. The number of aryl methyl sites for hydroxylation is 2. The van der Waals surface area contributed by atoms with Crippen molar-refractivity contribution in [2.45, 2.75) is 38.8 Å². The average molecular weight is 260 g/mol. The third-order valence-electron chi connectivity index (χ3n) is 4.16. The van der Waals surface area contributed by atoms with E-state index in [0.717, 1.165) is 24.3 Å². The summed E-state index contributed by atoms with van der Waals surface area (Å²) in [5.41, 5.74) is 9.45. The van der Waals surface area contributed by atoms with Crippen LogP contribution in [0.25, 0.3) is 0 Å². The Bertz CT molecular complexity index is 496. The van der Waals surface area contributed by atoms with Gasteiger partial charge >= 0.3 is 0 Å². The van der Waals surface area contributed by atoms with Gasteiger partial charge in [0.2, 0.25) is 0 Å². The van der Waals surface area contributed by atoms with Crippen molar-refractivity contribution in [1.29, 1.82) is 0 Å². The molecule has 0 bridgehead atoms. The zero-order valence-corrected chi connectivity index (χ0v) is 11.5. The number of carbonyl (C=O) groups excluding carboxylic acids is 1. The largest absolute Gasteiger partial charge is 0.480 e. The lowest BCUT2D eigenvalue weighted by atomic mass is 10.0. The van der Waals surface area contributed by atoms with Crippen LogP contribution in [0.5, 0.6) is 5.75 Å². The van der Waals surface area contributed by atoms with Gasteiger partial charge in [-0.2, -0.15) is 0 Å². The molecular weight excluding hydrogens is 240 g/mol. The summed E-state index contributed by atoms with van der Waals surface area (Å²) in [6.45, 7) is 5.57. The van der Waals surface area contributed by atoms with Gasteiger partial charge in [0.15, 0.2) is 6.10 Å². The number of benzene rings is 1. The number of ether oxygens (including phenoxy) is 1. The summed E-state index contributed by atoms with van der Waals surface area (Å²) in [5, 5.41) is 0. The SMILES string of the molecule is Cc1cc2c(cc1C)OC(C(=O)N1CC[C@@H](N)C1)C2. The summed E-state index contributed by atoms with van der Waals surface area (Å²) >= 11 is 0. The van der Waals surface area contributed by atoms with Crippen LogP contribution >= 0.6 is 0 Å². The molecule has 2 heterocycles. The topological polar surface area (TPSA) is 55.6 Å². The van der Waals surface area contributed by atoms with Gasteiger partial charge < -0.3 is 15.4 Å². The van der Waals surface area contributed by atoms with E-state index in [4.69, 9.17) is 10.5 Å². The van der Waals surface area contributed by atoms with Crippen LogP contribution in [0, 0.1) is 13.8 Å². The highest BCUT2D eigenvalue weighted by atomic mass is 16.5. The third-order valence-corrected chi connectivity index (χ3v) is 4.16. The summed E-state index contributed by atoms with van der Waals surface area (Å²) in [5.74, 6) is 0.949. The summed E-state index contributed by atoms with van der Waals surface area (Å²) in [7, 11) is 0. The van der Waals surface area contributed by atoms with Gasteiger partial charge in [0.25, 0.3) is 5.91 Å². The molecule has 0 radical (unpaired) electrons. The van der Waals surface area contributed by atoms with Crippen molar-refractivity contribution < 1.29 is 9.53 Å². The van der Waals surface area contributed by atoms with Crippen molar-refractivity contribution in [3.05, 3.63) is 28.8 Å². The fourth-order valence-corrected chi connectivity index (χ4v) is 2.84. The van der Waals surface area contributed by atoms with E-state index in [0.29, 0.717) is 13.0 Å². The second kappa shape index (κ2) is 4.53. The second-order valence-electron chi connectivity index (χ2n) is 5.69. The number of rotatable bonds is 1. The van der Waals surface area contributed by atoms with Gasteiger partial charge in [-0.05, 0) is 43.0 Å². The van der Waals surface area contributed by atoms with Crippen LogP contribution in [-0.2, 0) is 11.2 Å². The third kappa shape index (κ3) is 2.21. The van der Waals surface area contributed by atoms with Gasteiger partial charge in [-0.3, -0.25) is 4.79 Å². The van der Waals surface area contributed by atoms with Crippen molar-refractivity contribution in [2.24, 2.45) is 5.73 Å². The van der Waals surface area contributed by atoms with Crippen molar-refractivity contribution in [3.63, 3.8) is 0 Å². The first kappa shape index (κ1) is 12.5. The Morgan fingerprint density at radius 3 is 2.79 bits per heavy atom. The molecule has 0 aromatic heterocycles. The molecule has 1 fully saturated rings. The van der Waals surface area contributed by atoms with Crippen LogP contribution in [0.3, 0.4) is 0 Å². The molecule has 4 nitrogen and oxygen atoms in total. The Hall–Kier alpha value is -1.55. The molecule has 1 aromatic rings. The molecular formula is C15H20N2O2. The maximum Gasteiger partial charge on any atom is 0.264 e. The lowest BCUT2D eigenvalue weighted by Gasteiger charge is -2.19. The van der Waals surface area contributed by atoms with E-state index >= 15 is 0 Å². The van der Waals surface area contributed by atoms with E-state index in [-0.39, 0.29) is 18.1 Å². The smallest absolute Gasteiger partial charge is 0.264 e. The predicted molar refractivity (Wildman–Crippen MR) is 73.2 cm³/mol. The first-order valence-electron chi connectivity index (χ1n) is 6.86. The molecule has 0 saturated carbocycles. The van der Waals surface area contributed by atoms with E-state index in [1.54, 1.807) is 0 Å². The monoisotopic (exact) mass is 260 g/mol. The Kier molecular flexibility index (Phi) is 2.97. The fraction of sp³-hybridized carbons (Fsp3) is 0.533. The minimum absolute atomic E-state index is 0.0828. The lowest BCUT2D eigenvalue weighted by Crippen LogP contribution is -2.41. The molecule has 1 aromatic carbocycles. The number of carbonyl (C=O) groups is 1. The molecule has 2 aliphatic heterocycles. The molecule has 102 valence electrons. The van der Waals surface area contributed by atoms with Crippen molar-refractivity contribution >= 4 is 5.91 Å². The lowest BCUT2D eigenvalue weighted by molar-refractivity contribution is -0.136. The molecule has 2 atom stereocenters. The predicted octanol–water partition coefficient (Wildman–Crippen LogP) is 1.17. The zero-order chi connectivity index (χ0) is 13.6. The van der Waals surface area contributed by atoms with Crippen LogP contribution < -0.4 is 10.5 Å². The van der Waals surface area contributed by atoms with Gasteiger partial charge in [0.05, 0.1) is 0 Å². The van der Waals surface area contributed by atoms with Gasteiger partial charge in [0, 0.05) is 25.6 Å². The van der Waals surface area contributed by atoms with Crippen molar-refractivity contribution in [1.82, 2.24) is 4.90 Å². The number of hydrogen-bond acceptors (Lipinski definition) is 3. The number of fused-ring (bicyclic) bond motifs is 1. The van der Waals surface area contributed by atoms with Crippen LogP contribution in [0.4, 0.5) is 0 Å². The normalized spacial score (nSPS) is 25.3. The molecule has 4 heteroatoms. The van der Waals surface area contributed by atoms with Crippen LogP contribution in [0.1, 0.15) is 23.1 Å². The van der Waals surface area contributed by atoms with Gasteiger partial charge in [-0.15, -0.1) is 0 Å². The standard InChI is InChI=1S/C15H20N2O2/c1-9-5-11-7-14(19-13(11)6-10(9)2)15(18)17-4-3-12(16)8-17/h5-6,12,14H,3-4,7-8,16H2,1-2H3/t12-,14?/m1/s1. The summed E-state index contributed by atoms with van der Waals surface area (Å²) in [4.78, 5) is 14.2. The average Bonchev–Trinajstić information content (AvgIpc) is 2.95. The molecule has 0 aliphatic carbocycles.